The Hall–Kier alpha value is -1.14. The van der Waals surface area contributed by atoms with Crippen molar-refractivity contribution < 1.29 is 0 Å². The molecule has 2 aromatic rings. The van der Waals surface area contributed by atoms with Crippen LogP contribution in [0.25, 0.3) is 0 Å². The molecule has 1 aliphatic carbocycles. The van der Waals surface area contributed by atoms with Gasteiger partial charge >= 0.3 is 0 Å². The average molecular weight is 430 g/mol. The minimum absolute atomic E-state index is 0.0457. The van der Waals surface area contributed by atoms with Gasteiger partial charge in [-0.05, 0) is 42.8 Å². The summed E-state index contributed by atoms with van der Waals surface area (Å²) in [7, 11) is 0. The molecule has 1 heterocycles. The lowest BCUT2D eigenvalue weighted by Crippen LogP contribution is -2.43. The molecule has 0 amide bonds. The van der Waals surface area contributed by atoms with Crippen molar-refractivity contribution in [3.8, 4) is 0 Å². The number of hydrogen-bond donors (Lipinski definition) is 2. The van der Waals surface area contributed by atoms with Crippen molar-refractivity contribution in [1.82, 2.24) is 15.3 Å². The van der Waals surface area contributed by atoms with E-state index in [9.17, 15) is 0 Å². The van der Waals surface area contributed by atoms with Gasteiger partial charge in [0.1, 0.15) is 5.15 Å². The van der Waals surface area contributed by atoms with E-state index < -0.39 is 0 Å². The molecule has 1 saturated carbocycles. The molecule has 1 fully saturated rings. The Kier molecular flexibility index (Phi) is 6.56. The van der Waals surface area contributed by atoms with Crippen LogP contribution in [-0.2, 0) is 5.41 Å². The van der Waals surface area contributed by atoms with Gasteiger partial charge in [0.2, 0.25) is 0 Å². The number of nitrogens with one attached hydrogen (secondary N) is 2. The normalized spacial score (nSPS) is 16.1. The summed E-state index contributed by atoms with van der Waals surface area (Å²) in [5.41, 5.74) is 1.34. The van der Waals surface area contributed by atoms with Crippen LogP contribution >= 0.6 is 47.0 Å². The van der Waals surface area contributed by atoms with Gasteiger partial charge in [0.15, 0.2) is 16.1 Å². The summed E-state index contributed by atoms with van der Waals surface area (Å²) in [6.45, 7) is 0.735. The number of aromatic nitrogens is 2. The second-order valence-corrected chi connectivity index (χ2v) is 8.08. The topological polar surface area (TPSA) is 49.8 Å². The highest BCUT2D eigenvalue weighted by Crippen LogP contribution is 2.39. The van der Waals surface area contributed by atoms with Crippen molar-refractivity contribution in [3.05, 3.63) is 51.4 Å². The zero-order chi connectivity index (χ0) is 18.6. The first-order valence-electron chi connectivity index (χ1n) is 8.47. The average Bonchev–Trinajstić information content (AvgIpc) is 2.64. The number of anilines is 1. The maximum atomic E-state index is 6.06. The molecule has 0 aliphatic heterocycles. The predicted octanol–water partition coefficient (Wildman–Crippen LogP) is 5.63. The number of nitrogens with zero attached hydrogens (tertiary/aromatic N) is 2. The van der Waals surface area contributed by atoms with Crippen LogP contribution < -0.4 is 10.6 Å². The lowest BCUT2D eigenvalue weighted by atomic mass is 9.69. The molecule has 0 spiro atoms. The molecule has 3 rings (SSSR count). The summed E-state index contributed by atoms with van der Waals surface area (Å²) in [6, 6.07) is 8.14. The minimum atomic E-state index is 0.0457. The molecule has 2 N–H and O–H groups in total. The van der Waals surface area contributed by atoms with Crippen LogP contribution in [0.15, 0.2) is 30.5 Å². The molecule has 8 heteroatoms. The zero-order valence-electron chi connectivity index (χ0n) is 14.1. The van der Waals surface area contributed by atoms with Crippen molar-refractivity contribution >= 4 is 58.0 Å². The van der Waals surface area contributed by atoms with Crippen LogP contribution in [0.1, 0.15) is 37.7 Å². The van der Waals surface area contributed by atoms with Gasteiger partial charge < -0.3 is 10.6 Å². The summed E-state index contributed by atoms with van der Waals surface area (Å²) < 4.78 is 0. The van der Waals surface area contributed by atoms with E-state index in [4.69, 9.17) is 47.0 Å². The first-order valence-corrected chi connectivity index (χ1v) is 10.0. The molecule has 138 valence electrons. The number of halogens is 3. The van der Waals surface area contributed by atoms with Crippen molar-refractivity contribution in [1.29, 1.82) is 0 Å². The van der Waals surface area contributed by atoms with Gasteiger partial charge in [0.25, 0.3) is 0 Å². The molecular weight excluding hydrogens is 411 g/mol. The SMILES string of the molecule is S=C(NCC1(c2ccc(Cl)cc2)CCCCC1)Nc1ncc(Cl)nc1Cl. The molecule has 4 nitrogen and oxygen atoms in total. The van der Waals surface area contributed by atoms with Gasteiger partial charge in [-0.1, -0.05) is 66.2 Å². The van der Waals surface area contributed by atoms with Crippen LogP contribution in [0.4, 0.5) is 5.82 Å². The highest BCUT2D eigenvalue weighted by atomic mass is 35.5. The van der Waals surface area contributed by atoms with Crippen LogP contribution in [0.5, 0.6) is 0 Å². The Morgan fingerprint density at radius 3 is 2.42 bits per heavy atom. The number of hydrogen-bond acceptors (Lipinski definition) is 3. The monoisotopic (exact) mass is 428 g/mol. The maximum Gasteiger partial charge on any atom is 0.173 e. The second-order valence-electron chi connectivity index (χ2n) is 6.49. The van der Waals surface area contributed by atoms with E-state index in [0.717, 1.165) is 24.4 Å². The molecule has 1 aromatic heterocycles. The fourth-order valence-corrected chi connectivity index (χ4v) is 4.09. The third kappa shape index (κ3) is 4.77. The lowest BCUT2D eigenvalue weighted by molar-refractivity contribution is 0.292. The van der Waals surface area contributed by atoms with E-state index in [1.165, 1.54) is 31.0 Å². The van der Waals surface area contributed by atoms with E-state index in [-0.39, 0.29) is 15.7 Å². The van der Waals surface area contributed by atoms with Gasteiger partial charge in [-0.25, -0.2) is 9.97 Å². The third-order valence-electron chi connectivity index (χ3n) is 4.79. The van der Waals surface area contributed by atoms with Gasteiger partial charge in [0, 0.05) is 17.0 Å². The zero-order valence-corrected chi connectivity index (χ0v) is 17.2. The number of thiocarbonyl (C=S) groups is 1. The van der Waals surface area contributed by atoms with E-state index in [0.29, 0.717) is 10.9 Å². The fourth-order valence-electron chi connectivity index (χ4n) is 3.43. The van der Waals surface area contributed by atoms with Crippen molar-refractivity contribution in [2.45, 2.75) is 37.5 Å². The Bertz CT molecular complexity index is 777. The van der Waals surface area contributed by atoms with Crippen LogP contribution in [0, 0.1) is 0 Å². The fraction of sp³-hybridized carbons (Fsp3) is 0.389. The molecule has 1 aliphatic rings. The molecular formula is C18H19Cl3N4S. The molecule has 0 saturated heterocycles. The first-order chi connectivity index (χ1) is 12.5. The first kappa shape index (κ1) is 19.6. The van der Waals surface area contributed by atoms with E-state index in [2.05, 4.69) is 32.7 Å². The molecule has 0 bridgehead atoms. The highest BCUT2D eigenvalue weighted by molar-refractivity contribution is 7.80. The molecule has 0 atom stereocenters. The van der Waals surface area contributed by atoms with Crippen LogP contribution in [-0.4, -0.2) is 21.6 Å². The van der Waals surface area contributed by atoms with Crippen molar-refractivity contribution in [2.24, 2.45) is 0 Å². The molecule has 0 unspecified atom stereocenters. The standard InChI is InChI=1S/C18H19Cl3N4S/c19-13-6-4-12(5-7-13)18(8-2-1-3-9-18)11-23-17(26)25-16-15(21)24-14(20)10-22-16/h4-7,10H,1-3,8-9,11H2,(H2,22,23,25,26). The van der Waals surface area contributed by atoms with Gasteiger partial charge in [-0.3, -0.25) is 0 Å². The smallest absolute Gasteiger partial charge is 0.173 e. The summed E-state index contributed by atoms with van der Waals surface area (Å²) in [6.07, 6.45) is 7.35. The summed E-state index contributed by atoms with van der Waals surface area (Å²) in [5, 5.41) is 7.95. The highest BCUT2D eigenvalue weighted by Gasteiger charge is 2.34. The predicted molar refractivity (Wildman–Crippen MR) is 112 cm³/mol. The second kappa shape index (κ2) is 8.70. The van der Waals surface area contributed by atoms with Gasteiger partial charge in [-0.15, -0.1) is 0 Å². The maximum absolute atomic E-state index is 6.06. The minimum Gasteiger partial charge on any atom is -0.362 e. The lowest BCUT2D eigenvalue weighted by Gasteiger charge is -2.38. The third-order valence-corrected chi connectivity index (χ3v) is 5.73. The van der Waals surface area contributed by atoms with E-state index >= 15 is 0 Å². The summed E-state index contributed by atoms with van der Waals surface area (Å²) >= 11 is 23.3. The Labute approximate surface area is 173 Å². The van der Waals surface area contributed by atoms with E-state index in [1.54, 1.807) is 0 Å². The van der Waals surface area contributed by atoms with Crippen LogP contribution in [0.3, 0.4) is 0 Å². The summed E-state index contributed by atoms with van der Waals surface area (Å²) in [5.74, 6) is 0.387. The number of rotatable bonds is 4. The number of benzene rings is 1. The molecule has 1 aromatic carbocycles. The van der Waals surface area contributed by atoms with Gasteiger partial charge in [0.05, 0.1) is 6.20 Å². The van der Waals surface area contributed by atoms with Crippen LogP contribution in [0.2, 0.25) is 15.3 Å². The Morgan fingerprint density at radius 1 is 1.08 bits per heavy atom. The van der Waals surface area contributed by atoms with E-state index in [1.807, 2.05) is 12.1 Å². The summed E-state index contributed by atoms with van der Waals surface area (Å²) in [4.78, 5) is 8.07. The van der Waals surface area contributed by atoms with Crippen molar-refractivity contribution in [2.75, 3.05) is 11.9 Å². The Balaban J connectivity index is 1.69. The molecule has 26 heavy (non-hydrogen) atoms. The quantitative estimate of drug-likeness (QED) is 0.617. The van der Waals surface area contributed by atoms with Crippen molar-refractivity contribution in [3.63, 3.8) is 0 Å². The molecule has 0 radical (unpaired) electrons. The van der Waals surface area contributed by atoms with Gasteiger partial charge in [-0.2, -0.15) is 0 Å². The largest absolute Gasteiger partial charge is 0.362 e. The Morgan fingerprint density at radius 2 is 1.77 bits per heavy atom.